The van der Waals surface area contributed by atoms with Crippen LogP contribution in [0.1, 0.15) is 39.6 Å². The highest BCUT2D eigenvalue weighted by Gasteiger charge is 2.27. The van der Waals surface area contributed by atoms with E-state index in [0.717, 1.165) is 6.07 Å². The third-order valence-corrected chi connectivity index (χ3v) is 3.96. The van der Waals surface area contributed by atoms with E-state index in [1.165, 1.54) is 6.07 Å². The molecule has 0 saturated heterocycles. The molecule has 20 heavy (non-hydrogen) atoms. The van der Waals surface area contributed by atoms with E-state index in [2.05, 4.69) is 25.8 Å². The van der Waals surface area contributed by atoms with Crippen molar-refractivity contribution in [1.82, 2.24) is 9.55 Å². The van der Waals surface area contributed by atoms with Gasteiger partial charge in [0.15, 0.2) is 11.6 Å². The highest BCUT2D eigenvalue weighted by Crippen LogP contribution is 2.35. The zero-order chi connectivity index (χ0) is 15.1. The van der Waals surface area contributed by atoms with E-state index in [4.69, 9.17) is 11.6 Å². The summed E-state index contributed by atoms with van der Waals surface area (Å²) in [6.07, 6.45) is 0.526. The summed E-state index contributed by atoms with van der Waals surface area (Å²) >= 11 is 5.80. The maximum Gasteiger partial charge on any atom is 0.184 e. The number of halogens is 3. The summed E-state index contributed by atoms with van der Waals surface area (Å²) in [7, 11) is 0. The van der Waals surface area contributed by atoms with Gasteiger partial charge in [0, 0.05) is 18.3 Å². The molecule has 1 atom stereocenters. The van der Waals surface area contributed by atoms with E-state index >= 15 is 0 Å². The summed E-state index contributed by atoms with van der Waals surface area (Å²) in [5.74, 6) is -0.601. The Hall–Kier alpha value is -1.16. The van der Waals surface area contributed by atoms with Gasteiger partial charge >= 0.3 is 0 Å². The Morgan fingerprint density at radius 1 is 1.30 bits per heavy atom. The predicted octanol–water partition coefficient (Wildman–Crippen LogP) is 4.70. The van der Waals surface area contributed by atoms with Gasteiger partial charge in [-0.3, -0.25) is 0 Å². The molecule has 1 heterocycles. The lowest BCUT2D eigenvalue weighted by atomic mass is 9.87. The monoisotopic (exact) mass is 300 g/mol. The smallest absolute Gasteiger partial charge is 0.184 e. The van der Waals surface area contributed by atoms with Crippen molar-refractivity contribution in [3.63, 3.8) is 0 Å². The van der Waals surface area contributed by atoms with Crippen LogP contribution in [-0.2, 0) is 6.42 Å². The standard InChI is InChI=1S/C15H19ClF2N2/c1-9(15(2,3)4)20-12(7-8-16)19-11-6-5-10(17)13(18)14(11)20/h5-6,9H,7-8H2,1-4H3. The van der Waals surface area contributed by atoms with Crippen molar-refractivity contribution in [3.8, 4) is 0 Å². The molecule has 0 saturated carbocycles. The van der Waals surface area contributed by atoms with E-state index in [1.54, 1.807) is 4.57 Å². The minimum absolute atomic E-state index is 0.0259. The Bertz CT molecular complexity index is 629. The van der Waals surface area contributed by atoms with E-state index in [1.807, 2.05) is 6.92 Å². The summed E-state index contributed by atoms with van der Waals surface area (Å²) in [4.78, 5) is 4.41. The number of fused-ring (bicyclic) bond motifs is 1. The summed E-state index contributed by atoms with van der Waals surface area (Å²) in [6, 6.07) is 2.60. The Morgan fingerprint density at radius 2 is 1.95 bits per heavy atom. The van der Waals surface area contributed by atoms with Gasteiger partial charge in [0.25, 0.3) is 0 Å². The van der Waals surface area contributed by atoms with Crippen molar-refractivity contribution in [2.45, 2.75) is 40.2 Å². The van der Waals surface area contributed by atoms with Crippen LogP contribution in [0, 0.1) is 17.0 Å². The minimum Gasteiger partial charge on any atom is -0.322 e. The Labute approximate surface area is 122 Å². The molecule has 110 valence electrons. The fourth-order valence-electron chi connectivity index (χ4n) is 2.24. The van der Waals surface area contributed by atoms with Gasteiger partial charge in [0.1, 0.15) is 11.3 Å². The molecule has 0 aliphatic heterocycles. The number of aromatic nitrogens is 2. The second-order valence-electron chi connectivity index (χ2n) is 6.11. The van der Waals surface area contributed by atoms with Crippen LogP contribution < -0.4 is 0 Å². The maximum atomic E-state index is 14.2. The topological polar surface area (TPSA) is 17.8 Å². The first-order valence-corrected chi connectivity index (χ1v) is 7.21. The molecule has 0 spiro atoms. The van der Waals surface area contributed by atoms with E-state index < -0.39 is 11.6 Å². The quantitative estimate of drug-likeness (QED) is 0.751. The number of nitrogens with zero attached hydrogens (tertiary/aromatic N) is 2. The third kappa shape index (κ3) is 2.53. The number of aryl methyl sites for hydroxylation is 1. The molecular formula is C15H19ClF2N2. The van der Waals surface area contributed by atoms with Crippen molar-refractivity contribution in [2.75, 3.05) is 5.88 Å². The summed E-state index contributed by atoms with van der Waals surface area (Å²) in [5, 5.41) is 0. The lowest BCUT2D eigenvalue weighted by Crippen LogP contribution is -2.23. The van der Waals surface area contributed by atoms with Gasteiger partial charge in [-0.1, -0.05) is 20.8 Å². The zero-order valence-electron chi connectivity index (χ0n) is 12.2. The molecule has 2 rings (SSSR count). The summed E-state index contributed by atoms with van der Waals surface area (Å²) in [6.45, 7) is 8.17. The maximum absolute atomic E-state index is 14.2. The molecule has 1 aromatic heterocycles. The average molecular weight is 301 g/mol. The van der Waals surface area contributed by atoms with E-state index in [0.29, 0.717) is 23.6 Å². The van der Waals surface area contributed by atoms with Crippen LogP contribution in [-0.4, -0.2) is 15.4 Å². The Morgan fingerprint density at radius 3 is 2.50 bits per heavy atom. The van der Waals surface area contributed by atoms with Crippen LogP contribution in [0.25, 0.3) is 11.0 Å². The molecule has 0 aliphatic rings. The SMILES string of the molecule is CC(n1c(CCCl)nc2ccc(F)c(F)c21)C(C)(C)C. The Kier molecular flexibility index (Phi) is 4.05. The van der Waals surface area contributed by atoms with Crippen molar-refractivity contribution < 1.29 is 8.78 Å². The molecule has 0 amide bonds. The van der Waals surface area contributed by atoms with Crippen molar-refractivity contribution in [1.29, 1.82) is 0 Å². The largest absolute Gasteiger partial charge is 0.322 e. The molecule has 0 N–H and O–H groups in total. The average Bonchev–Trinajstić information content (AvgIpc) is 2.71. The second-order valence-corrected chi connectivity index (χ2v) is 6.49. The summed E-state index contributed by atoms with van der Waals surface area (Å²) < 4.78 is 29.5. The lowest BCUT2D eigenvalue weighted by molar-refractivity contribution is 0.261. The van der Waals surface area contributed by atoms with Gasteiger partial charge in [-0.25, -0.2) is 13.8 Å². The summed E-state index contributed by atoms with van der Waals surface area (Å²) in [5.41, 5.74) is 0.598. The van der Waals surface area contributed by atoms with Crippen LogP contribution in [0.4, 0.5) is 8.78 Å². The van der Waals surface area contributed by atoms with Gasteiger partial charge in [-0.2, -0.15) is 0 Å². The van der Waals surface area contributed by atoms with E-state index in [9.17, 15) is 8.78 Å². The van der Waals surface area contributed by atoms with Crippen LogP contribution in [0.5, 0.6) is 0 Å². The first kappa shape index (κ1) is 15.2. The van der Waals surface area contributed by atoms with Gasteiger partial charge in [-0.15, -0.1) is 11.6 Å². The predicted molar refractivity (Wildman–Crippen MR) is 78.2 cm³/mol. The highest BCUT2D eigenvalue weighted by atomic mass is 35.5. The molecule has 0 radical (unpaired) electrons. The van der Waals surface area contributed by atoms with Crippen LogP contribution in [0.2, 0.25) is 0 Å². The number of rotatable bonds is 3. The molecule has 2 aromatic rings. The second kappa shape index (κ2) is 5.32. The van der Waals surface area contributed by atoms with Gasteiger partial charge < -0.3 is 4.57 Å². The Balaban J connectivity index is 2.76. The first-order chi connectivity index (χ1) is 9.27. The van der Waals surface area contributed by atoms with Crippen LogP contribution in [0.15, 0.2) is 12.1 Å². The van der Waals surface area contributed by atoms with Crippen molar-refractivity contribution in [3.05, 3.63) is 29.6 Å². The fraction of sp³-hybridized carbons (Fsp3) is 0.533. The number of alkyl halides is 1. The molecule has 0 fully saturated rings. The molecule has 1 unspecified atom stereocenters. The number of hydrogen-bond acceptors (Lipinski definition) is 1. The molecule has 1 aromatic carbocycles. The zero-order valence-corrected chi connectivity index (χ0v) is 12.9. The van der Waals surface area contributed by atoms with Crippen molar-refractivity contribution in [2.24, 2.45) is 5.41 Å². The number of imidazole rings is 1. The molecule has 0 aliphatic carbocycles. The fourth-order valence-corrected chi connectivity index (χ4v) is 2.41. The number of benzene rings is 1. The van der Waals surface area contributed by atoms with E-state index in [-0.39, 0.29) is 17.0 Å². The van der Waals surface area contributed by atoms with Crippen LogP contribution >= 0.6 is 11.6 Å². The molecule has 2 nitrogen and oxygen atoms in total. The van der Waals surface area contributed by atoms with Crippen molar-refractivity contribution >= 4 is 22.6 Å². The first-order valence-electron chi connectivity index (χ1n) is 6.68. The van der Waals surface area contributed by atoms with Crippen LogP contribution in [0.3, 0.4) is 0 Å². The molecular weight excluding hydrogens is 282 g/mol. The minimum atomic E-state index is -0.850. The molecule has 0 bridgehead atoms. The third-order valence-electron chi connectivity index (χ3n) is 3.77. The highest BCUT2D eigenvalue weighted by molar-refractivity contribution is 6.17. The lowest BCUT2D eigenvalue weighted by Gasteiger charge is -2.30. The normalized spacial score (nSPS) is 13.9. The van der Waals surface area contributed by atoms with Gasteiger partial charge in [0.05, 0.1) is 5.52 Å². The molecule has 5 heteroatoms. The van der Waals surface area contributed by atoms with Gasteiger partial charge in [-0.05, 0) is 24.5 Å². The van der Waals surface area contributed by atoms with Gasteiger partial charge in [0.2, 0.25) is 0 Å². The number of hydrogen-bond donors (Lipinski definition) is 0.